The van der Waals surface area contributed by atoms with Crippen LogP contribution < -0.4 is 5.32 Å². The maximum atomic E-state index is 13.5. The minimum Gasteiger partial charge on any atom is -0.313 e. The van der Waals surface area contributed by atoms with Crippen molar-refractivity contribution >= 4 is 21.6 Å². The van der Waals surface area contributed by atoms with Crippen LogP contribution in [0.5, 0.6) is 0 Å². The first kappa shape index (κ1) is 14.2. The van der Waals surface area contributed by atoms with E-state index in [2.05, 4.69) is 16.4 Å². The summed E-state index contributed by atoms with van der Waals surface area (Å²) in [5.74, 6) is -0.194. The number of likely N-dealkylation sites (N-methyl/N-ethyl adjacent to an activating group) is 1. The predicted octanol–water partition coefficient (Wildman–Crippen LogP) is 4.25. The zero-order chi connectivity index (χ0) is 14.8. The van der Waals surface area contributed by atoms with Crippen molar-refractivity contribution in [2.75, 3.05) is 7.05 Å². The van der Waals surface area contributed by atoms with Crippen molar-refractivity contribution in [2.24, 2.45) is 0 Å². The molecule has 3 rings (SSSR count). The number of aromatic nitrogens is 1. The highest BCUT2D eigenvalue weighted by atomic mass is 32.1. The van der Waals surface area contributed by atoms with Crippen LogP contribution >= 0.6 is 11.3 Å². The number of nitrogens with zero attached hydrogens (tertiary/aromatic N) is 1. The molecule has 1 unspecified atom stereocenters. The Morgan fingerprint density at radius 1 is 1.24 bits per heavy atom. The molecule has 0 bridgehead atoms. The summed E-state index contributed by atoms with van der Waals surface area (Å²) in [5.41, 5.74) is 3.12. The molecule has 0 aliphatic carbocycles. The maximum Gasteiger partial charge on any atom is 0.123 e. The fraction of sp³-hybridized carbons (Fsp3) is 0.235. The van der Waals surface area contributed by atoms with Gasteiger partial charge in [0.15, 0.2) is 0 Å². The molecule has 0 amide bonds. The zero-order valence-corrected chi connectivity index (χ0v) is 12.9. The van der Waals surface area contributed by atoms with Crippen molar-refractivity contribution < 1.29 is 4.39 Å². The molecular formula is C17H17FN2S. The quantitative estimate of drug-likeness (QED) is 0.779. The number of nitrogens with one attached hydrogen (secondary N) is 1. The van der Waals surface area contributed by atoms with Gasteiger partial charge in [0, 0.05) is 12.5 Å². The molecule has 1 atom stereocenters. The monoisotopic (exact) mass is 300 g/mol. The van der Waals surface area contributed by atoms with Gasteiger partial charge in [0.2, 0.25) is 0 Å². The van der Waals surface area contributed by atoms with Crippen LogP contribution in [0.2, 0.25) is 0 Å². The van der Waals surface area contributed by atoms with Crippen LogP contribution in [-0.2, 0) is 6.42 Å². The average molecular weight is 300 g/mol. The molecule has 3 aromatic rings. The van der Waals surface area contributed by atoms with Gasteiger partial charge in [-0.1, -0.05) is 18.2 Å². The van der Waals surface area contributed by atoms with Gasteiger partial charge in [0.1, 0.15) is 5.82 Å². The Morgan fingerprint density at radius 2 is 2.05 bits per heavy atom. The summed E-state index contributed by atoms with van der Waals surface area (Å²) in [6.07, 6.45) is 0.764. The summed E-state index contributed by atoms with van der Waals surface area (Å²) in [5, 5.41) is 4.35. The molecule has 0 spiro atoms. The summed E-state index contributed by atoms with van der Waals surface area (Å²) >= 11 is 1.70. The first-order valence-corrected chi connectivity index (χ1v) is 7.77. The zero-order valence-electron chi connectivity index (χ0n) is 12.1. The number of rotatable bonds is 4. The van der Waals surface area contributed by atoms with E-state index >= 15 is 0 Å². The van der Waals surface area contributed by atoms with E-state index in [1.165, 1.54) is 10.8 Å². The Morgan fingerprint density at radius 3 is 2.81 bits per heavy atom. The van der Waals surface area contributed by atoms with Gasteiger partial charge < -0.3 is 5.32 Å². The lowest BCUT2D eigenvalue weighted by Gasteiger charge is -2.17. The molecular weight excluding hydrogens is 283 g/mol. The predicted molar refractivity (Wildman–Crippen MR) is 86.3 cm³/mol. The molecule has 1 N–H and O–H groups in total. The van der Waals surface area contributed by atoms with Crippen LogP contribution in [0.1, 0.15) is 22.2 Å². The highest BCUT2D eigenvalue weighted by Gasteiger charge is 2.16. The topological polar surface area (TPSA) is 24.9 Å². The lowest BCUT2D eigenvalue weighted by molar-refractivity contribution is 0.573. The van der Waals surface area contributed by atoms with Crippen molar-refractivity contribution in [2.45, 2.75) is 19.4 Å². The van der Waals surface area contributed by atoms with E-state index < -0.39 is 0 Å². The normalized spacial score (nSPS) is 12.7. The molecule has 2 nitrogen and oxygen atoms in total. The number of thiazole rings is 1. The Bertz CT molecular complexity index is 733. The fourth-order valence-electron chi connectivity index (χ4n) is 2.54. The maximum absolute atomic E-state index is 13.5. The van der Waals surface area contributed by atoms with Gasteiger partial charge in [-0.2, -0.15) is 0 Å². The van der Waals surface area contributed by atoms with E-state index in [0.29, 0.717) is 0 Å². The average Bonchev–Trinajstić information content (AvgIpc) is 2.90. The van der Waals surface area contributed by atoms with E-state index in [-0.39, 0.29) is 11.9 Å². The van der Waals surface area contributed by atoms with Crippen LogP contribution in [0, 0.1) is 12.7 Å². The third kappa shape index (κ3) is 2.96. The van der Waals surface area contributed by atoms with E-state index in [0.717, 1.165) is 28.1 Å². The largest absolute Gasteiger partial charge is 0.313 e. The number of halogens is 1. The number of para-hydroxylation sites is 1. The third-order valence-electron chi connectivity index (χ3n) is 3.68. The number of benzene rings is 2. The second kappa shape index (κ2) is 5.92. The number of hydrogen-bond donors (Lipinski definition) is 1. The van der Waals surface area contributed by atoms with Crippen LogP contribution in [0.25, 0.3) is 10.2 Å². The summed E-state index contributed by atoms with van der Waals surface area (Å²) < 4.78 is 14.7. The summed E-state index contributed by atoms with van der Waals surface area (Å²) in [7, 11) is 1.91. The molecule has 0 aliphatic rings. The number of aryl methyl sites for hydroxylation is 1. The Balaban J connectivity index is 1.91. The van der Waals surface area contributed by atoms with E-state index in [9.17, 15) is 4.39 Å². The lowest BCUT2D eigenvalue weighted by atomic mass is 9.99. The van der Waals surface area contributed by atoms with E-state index in [4.69, 9.17) is 0 Å². The van der Waals surface area contributed by atoms with Crippen molar-refractivity contribution in [3.63, 3.8) is 0 Å². The first-order valence-electron chi connectivity index (χ1n) is 6.95. The second-order valence-corrected chi connectivity index (χ2v) is 6.24. The molecule has 4 heteroatoms. The van der Waals surface area contributed by atoms with Crippen molar-refractivity contribution in [1.82, 2.24) is 10.3 Å². The Labute approximate surface area is 127 Å². The van der Waals surface area contributed by atoms with E-state index in [1.807, 2.05) is 38.2 Å². The molecule has 0 aliphatic heterocycles. The molecule has 108 valence electrons. The summed E-state index contributed by atoms with van der Waals surface area (Å²) in [4.78, 5) is 4.66. The van der Waals surface area contributed by atoms with Crippen LogP contribution in [0.3, 0.4) is 0 Å². The molecule has 1 heterocycles. The smallest absolute Gasteiger partial charge is 0.123 e. The molecule has 0 saturated heterocycles. The van der Waals surface area contributed by atoms with Crippen molar-refractivity contribution in [3.8, 4) is 0 Å². The SMILES string of the molecule is CNC(Cc1nc2ccccc2s1)c1cc(F)ccc1C. The molecule has 21 heavy (non-hydrogen) atoms. The van der Waals surface area contributed by atoms with E-state index in [1.54, 1.807) is 17.4 Å². The van der Waals surface area contributed by atoms with Gasteiger partial charge in [-0.25, -0.2) is 9.37 Å². The second-order valence-electron chi connectivity index (χ2n) is 5.12. The van der Waals surface area contributed by atoms with Crippen LogP contribution in [-0.4, -0.2) is 12.0 Å². The van der Waals surface area contributed by atoms with Gasteiger partial charge in [0.25, 0.3) is 0 Å². The summed E-state index contributed by atoms with van der Waals surface area (Å²) in [6, 6.07) is 13.1. The minimum atomic E-state index is -0.194. The van der Waals surface area contributed by atoms with Gasteiger partial charge in [0.05, 0.1) is 15.2 Å². The highest BCUT2D eigenvalue weighted by molar-refractivity contribution is 7.18. The third-order valence-corrected chi connectivity index (χ3v) is 4.74. The lowest BCUT2D eigenvalue weighted by Crippen LogP contribution is -2.20. The van der Waals surface area contributed by atoms with Crippen molar-refractivity contribution in [1.29, 1.82) is 0 Å². The molecule has 0 saturated carbocycles. The molecule has 2 aromatic carbocycles. The van der Waals surface area contributed by atoms with Gasteiger partial charge in [-0.05, 0) is 49.4 Å². The molecule has 0 fully saturated rings. The fourth-order valence-corrected chi connectivity index (χ4v) is 3.55. The van der Waals surface area contributed by atoms with Crippen molar-refractivity contribution in [3.05, 3.63) is 64.4 Å². The Hall–Kier alpha value is -1.78. The highest BCUT2D eigenvalue weighted by Crippen LogP contribution is 2.27. The van der Waals surface area contributed by atoms with Gasteiger partial charge >= 0.3 is 0 Å². The number of hydrogen-bond acceptors (Lipinski definition) is 3. The molecule has 1 aromatic heterocycles. The van der Waals surface area contributed by atoms with Gasteiger partial charge in [-0.15, -0.1) is 11.3 Å². The Kier molecular flexibility index (Phi) is 3.99. The first-order chi connectivity index (χ1) is 10.2. The van der Waals surface area contributed by atoms with Gasteiger partial charge in [-0.3, -0.25) is 0 Å². The standard InChI is InChI=1S/C17H17FN2S/c1-11-7-8-12(18)9-13(11)15(19-2)10-17-20-14-5-3-4-6-16(14)21-17/h3-9,15,19H,10H2,1-2H3. The number of fused-ring (bicyclic) bond motifs is 1. The molecule has 0 radical (unpaired) electrons. The summed E-state index contributed by atoms with van der Waals surface area (Å²) in [6.45, 7) is 2.01. The minimum absolute atomic E-state index is 0.0706. The van der Waals surface area contributed by atoms with Crippen LogP contribution in [0.15, 0.2) is 42.5 Å². The van der Waals surface area contributed by atoms with Crippen LogP contribution in [0.4, 0.5) is 4.39 Å².